The lowest BCUT2D eigenvalue weighted by Crippen LogP contribution is -2.34. The Balaban J connectivity index is 1.82. The first-order valence-corrected chi connectivity index (χ1v) is 6.98. The molecule has 2 fully saturated rings. The van der Waals surface area contributed by atoms with E-state index in [0.717, 1.165) is 11.6 Å². The van der Waals surface area contributed by atoms with Gasteiger partial charge in [-0.2, -0.15) is 0 Å². The zero-order valence-corrected chi connectivity index (χ0v) is 11.6. The number of aliphatic imine (C=N–C) groups is 1. The first-order chi connectivity index (χ1) is 8.54. The van der Waals surface area contributed by atoms with Gasteiger partial charge in [0, 0.05) is 12.4 Å². The molecule has 2 bridgehead atoms. The van der Waals surface area contributed by atoms with Crippen LogP contribution in [-0.4, -0.2) is 17.2 Å². The summed E-state index contributed by atoms with van der Waals surface area (Å²) in [5.41, 5.74) is 1.80. The van der Waals surface area contributed by atoms with Crippen LogP contribution in [0.15, 0.2) is 29.4 Å². The summed E-state index contributed by atoms with van der Waals surface area (Å²) < 4.78 is 0. The summed E-state index contributed by atoms with van der Waals surface area (Å²) in [4.78, 5) is 9.17. The molecule has 0 amide bonds. The fourth-order valence-electron chi connectivity index (χ4n) is 4.01. The zero-order valence-electron chi connectivity index (χ0n) is 11.6. The lowest BCUT2D eigenvalue weighted by molar-refractivity contribution is 0.137. The quantitative estimate of drug-likeness (QED) is 0.726. The second-order valence-corrected chi connectivity index (χ2v) is 6.66. The molecule has 0 radical (unpaired) electrons. The van der Waals surface area contributed by atoms with Crippen molar-refractivity contribution in [3.8, 4) is 0 Å². The molecule has 2 aliphatic rings. The summed E-state index contributed by atoms with van der Waals surface area (Å²) in [5.74, 6) is 0.855. The number of aromatic nitrogens is 1. The summed E-state index contributed by atoms with van der Waals surface area (Å²) in [6.07, 6.45) is 7.77. The fraction of sp³-hybridized carbons (Fsp3) is 0.625. The molecular formula is C16H22N2. The van der Waals surface area contributed by atoms with Crippen molar-refractivity contribution in [2.75, 3.05) is 0 Å². The minimum Gasteiger partial charge on any atom is -0.287 e. The maximum absolute atomic E-state index is 4.86. The van der Waals surface area contributed by atoms with Gasteiger partial charge in [-0.25, -0.2) is 0 Å². The molecule has 0 spiro atoms. The Hall–Kier alpha value is -1.18. The van der Waals surface area contributed by atoms with E-state index in [4.69, 9.17) is 4.99 Å². The Bertz CT molecular complexity index is 463. The second-order valence-electron chi connectivity index (χ2n) is 6.66. The maximum atomic E-state index is 4.86. The summed E-state index contributed by atoms with van der Waals surface area (Å²) in [6.45, 7) is 7.29. The molecule has 1 aromatic heterocycles. The van der Waals surface area contributed by atoms with Gasteiger partial charge in [-0.05, 0) is 48.1 Å². The molecule has 3 unspecified atom stereocenters. The van der Waals surface area contributed by atoms with Crippen LogP contribution in [0.3, 0.4) is 0 Å². The number of pyridine rings is 1. The van der Waals surface area contributed by atoms with E-state index in [1.165, 1.54) is 19.3 Å². The maximum Gasteiger partial charge on any atom is 0.0807 e. The van der Waals surface area contributed by atoms with Crippen LogP contribution in [0.1, 0.15) is 45.7 Å². The van der Waals surface area contributed by atoms with Crippen molar-refractivity contribution in [1.29, 1.82) is 0 Å². The van der Waals surface area contributed by atoms with Gasteiger partial charge in [0.05, 0.1) is 11.7 Å². The number of hydrogen-bond donors (Lipinski definition) is 0. The zero-order chi connectivity index (χ0) is 12.8. The van der Waals surface area contributed by atoms with Gasteiger partial charge in [-0.1, -0.05) is 26.8 Å². The summed E-state index contributed by atoms with van der Waals surface area (Å²) in [7, 11) is 0. The van der Waals surface area contributed by atoms with Gasteiger partial charge in [-0.15, -0.1) is 0 Å². The molecular weight excluding hydrogens is 220 g/mol. The van der Waals surface area contributed by atoms with Crippen molar-refractivity contribution in [1.82, 2.24) is 4.98 Å². The minimum atomic E-state index is 0.378. The first kappa shape index (κ1) is 11.9. The SMILES string of the molecule is CC1(C)C2CCC1(C)C(N=Cc1ccccn1)C2. The molecule has 2 heteroatoms. The second kappa shape index (κ2) is 3.91. The summed E-state index contributed by atoms with van der Waals surface area (Å²) in [6, 6.07) is 6.46. The monoisotopic (exact) mass is 242 g/mol. The smallest absolute Gasteiger partial charge is 0.0807 e. The van der Waals surface area contributed by atoms with E-state index in [2.05, 4.69) is 25.8 Å². The molecule has 0 saturated heterocycles. The van der Waals surface area contributed by atoms with Crippen LogP contribution < -0.4 is 0 Å². The predicted molar refractivity (Wildman–Crippen MR) is 74.8 cm³/mol. The van der Waals surface area contributed by atoms with E-state index in [-0.39, 0.29) is 0 Å². The van der Waals surface area contributed by atoms with Gasteiger partial charge in [-0.3, -0.25) is 9.98 Å². The van der Waals surface area contributed by atoms with Crippen molar-refractivity contribution in [3.63, 3.8) is 0 Å². The van der Waals surface area contributed by atoms with Crippen molar-refractivity contribution >= 4 is 6.21 Å². The third-order valence-corrected chi connectivity index (χ3v) is 5.82. The molecule has 2 nitrogen and oxygen atoms in total. The van der Waals surface area contributed by atoms with E-state index in [0.29, 0.717) is 16.9 Å². The average molecular weight is 242 g/mol. The molecule has 2 saturated carbocycles. The molecule has 96 valence electrons. The highest BCUT2D eigenvalue weighted by atomic mass is 14.9. The Labute approximate surface area is 110 Å². The molecule has 2 aliphatic carbocycles. The van der Waals surface area contributed by atoms with Gasteiger partial charge in [0.15, 0.2) is 0 Å². The first-order valence-electron chi connectivity index (χ1n) is 6.98. The van der Waals surface area contributed by atoms with Crippen LogP contribution in [-0.2, 0) is 0 Å². The Kier molecular flexibility index (Phi) is 2.58. The highest BCUT2D eigenvalue weighted by molar-refractivity contribution is 5.76. The predicted octanol–water partition coefficient (Wildman–Crippen LogP) is 3.72. The summed E-state index contributed by atoms with van der Waals surface area (Å²) in [5, 5.41) is 0. The van der Waals surface area contributed by atoms with Crippen LogP contribution in [0.4, 0.5) is 0 Å². The Morgan fingerprint density at radius 3 is 2.72 bits per heavy atom. The lowest BCUT2D eigenvalue weighted by Gasteiger charge is -2.37. The minimum absolute atomic E-state index is 0.378. The van der Waals surface area contributed by atoms with Crippen molar-refractivity contribution in [2.24, 2.45) is 21.7 Å². The molecule has 3 atom stereocenters. The molecule has 0 aromatic carbocycles. The van der Waals surface area contributed by atoms with Crippen LogP contribution >= 0.6 is 0 Å². The number of fused-ring (bicyclic) bond motifs is 2. The third-order valence-electron chi connectivity index (χ3n) is 5.82. The third kappa shape index (κ3) is 1.54. The highest BCUT2D eigenvalue weighted by Crippen LogP contribution is 2.66. The van der Waals surface area contributed by atoms with Crippen LogP contribution in [0.25, 0.3) is 0 Å². The number of nitrogens with zero attached hydrogens (tertiary/aromatic N) is 2. The van der Waals surface area contributed by atoms with Gasteiger partial charge >= 0.3 is 0 Å². The molecule has 3 rings (SSSR count). The Morgan fingerprint density at radius 1 is 1.33 bits per heavy atom. The van der Waals surface area contributed by atoms with Gasteiger partial charge in [0.1, 0.15) is 0 Å². The lowest BCUT2D eigenvalue weighted by atomic mass is 9.69. The van der Waals surface area contributed by atoms with Crippen molar-refractivity contribution < 1.29 is 0 Å². The van der Waals surface area contributed by atoms with Crippen LogP contribution in [0.2, 0.25) is 0 Å². The van der Waals surface area contributed by atoms with E-state index in [1.54, 1.807) is 0 Å². The van der Waals surface area contributed by atoms with E-state index < -0.39 is 0 Å². The van der Waals surface area contributed by atoms with Gasteiger partial charge in [0.25, 0.3) is 0 Å². The van der Waals surface area contributed by atoms with E-state index in [9.17, 15) is 0 Å². The van der Waals surface area contributed by atoms with Gasteiger partial charge in [0.2, 0.25) is 0 Å². The normalized spacial score (nSPS) is 37.5. The molecule has 1 aromatic rings. The van der Waals surface area contributed by atoms with E-state index >= 15 is 0 Å². The number of hydrogen-bond acceptors (Lipinski definition) is 2. The van der Waals surface area contributed by atoms with Crippen LogP contribution in [0.5, 0.6) is 0 Å². The topological polar surface area (TPSA) is 25.2 Å². The van der Waals surface area contributed by atoms with Gasteiger partial charge < -0.3 is 0 Å². The molecule has 18 heavy (non-hydrogen) atoms. The Morgan fingerprint density at radius 2 is 2.17 bits per heavy atom. The van der Waals surface area contributed by atoms with Crippen LogP contribution in [0, 0.1) is 16.7 Å². The largest absolute Gasteiger partial charge is 0.287 e. The highest BCUT2D eigenvalue weighted by Gasteiger charge is 2.61. The van der Waals surface area contributed by atoms with Crippen molar-refractivity contribution in [3.05, 3.63) is 30.1 Å². The van der Waals surface area contributed by atoms with E-state index in [1.807, 2.05) is 30.6 Å². The molecule has 1 heterocycles. The van der Waals surface area contributed by atoms with Crippen molar-refractivity contribution in [2.45, 2.75) is 46.1 Å². The molecule has 0 N–H and O–H groups in total. The fourth-order valence-corrected chi connectivity index (χ4v) is 4.01. The number of rotatable bonds is 2. The standard InChI is InChI=1S/C16H22N2/c1-15(2)12-7-8-16(15,3)14(10-12)18-11-13-6-4-5-9-17-13/h4-6,9,11-12,14H,7-8,10H2,1-3H3. The molecule has 0 aliphatic heterocycles. The average Bonchev–Trinajstić information content (AvgIpc) is 2.70. The summed E-state index contributed by atoms with van der Waals surface area (Å²) >= 11 is 0.